The van der Waals surface area contributed by atoms with Crippen molar-refractivity contribution in [3.05, 3.63) is 34.7 Å². The normalized spacial score (nSPS) is 10.8. The van der Waals surface area contributed by atoms with Crippen molar-refractivity contribution >= 4 is 28.2 Å². The fourth-order valence-corrected chi connectivity index (χ4v) is 1.45. The van der Waals surface area contributed by atoms with Crippen LogP contribution in [0.25, 0.3) is 10.9 Å². The molecular weight excluding hydrogens is 203 g/mol. The molecule has 1 aromatic carbocycles. The summed E-state index contributed by atoms with van der Waals surface area (Å²) >= 11 is 5.72. The van der Waals surface area contributed by atoms with Crippen LogP contribution in [0, 0.1) is 12.7 Å². The van der Waals surface area contributed by atoms with E-state index in [2.05, 4.69) is 4.98 Å². The first kappa shape index (κ1) is 9.21. The van der Waals surface area contributed by atoms with Gasteiger partial charge in [-0.3, -0.25) is 0 Å². The van der Waals surface area contributed by atoms with Crippen LogP contribution in [-0.2, 0) is 0 Å². The summed E-state index contributed by atoms with van der Waals surface area (Å²) in [5.74, 6) is -0.286. The third kappa shape index (κ3) is 1.40. The molecule has 0 aliphatic heterocycles. The van der Waals surface area contributed by atoms with Gasteiger partial charge in [-0.1, -0.05) is 11.6 Å². The smallest absolute Gasteiger partial charge is 0.152 e. The molecule has 0 saturated carbocycles. The summed E-state index contributed by atoms with van der Waals surface area (Å²) in [7, 11) is 0. The van der Waals surface area contributed by atoms with Crippen molar-refractivity contribution in [3.8, 4) is 0 Å². The van der Waals surface area contributed by atoms with Crippen LogP contribution >= 0.6 is 11.6 Å². The molecule has 14 heavy (non-hydrogen) atoms. The standard InChI is InChI=1S/C10H8ClFN2/c1-5-2-6-3-8(13)10(11)14-9(6)4-7(5)12/h2-4H,13H2,1H3. The molecule has 0 saturated heterocycles. The van der Waals surface area contributed by atoms with E-state index in [0.717, 1.165) is 5.39 Å². The topological polar surface area (TPSA) is 38.9 Å². The van der Waals surface area contributed by atoms with Crippen LogP contribution in [0.2, 0.25) is 5.15 Å². The number of nitrogens with two attached hydrogens (primary N) is 1. The number of hydrogen-bond acceptors (Lipinski definition) is 2. The number of halogens is 2. The van der Waals surface area contributed by atoms with E-state index in [1.54, 1.807) is 19.1 Å². The summed E-state index contributed by atoms with van der Waals surface area (Å²) in [4.78, 5) is 3.98. The highest BCUT2D eigenvalue weighted by molar-refractivity contribution is 6.32. The van der Waals surface area contributed by atoms with Gasteiger partial charge in [-0.25, -0.2) is 9.37 Å². The third-order valence-corrected chi connectivity index (χ3v) is 2.38. The van der Waals surface area contributed by atoms with Crippen LogP contribution in [0.15, 0.2) is 18.2 Å². The average molecular weight is 211 g/mol. The number of rotatable bonds is 0. The summed E-state index contributed by atoms with van der Waals surface area (Å²) in [5.41, 5.74) is 7.08. The van der Waals surface area contributed by atoms with Gasteiger partial charge >= 0.3 is 0 Å². The molecule has 0 atom stereocenters. The second-order valence-electron chi connectivity index (χ2n) is 3.16. The first-order valence-corrected chi connectivity index (χ1v) is 4.47. The first-order valence-electron chi connectivity index (χ1n) is 4.10. The highest BCUT2D eigenvalue weighted by Crippen LogP contribution is 2.24. The Kier molecular flexibility index (Phi) is 2.04. The Labute approximate surface area is 85.5 Å². The number of hydrogen-bond donors (Lipinski definition) is 1. The van der Waals surface area contributed by atoms with E-state index in [4.69, 9.17) is 17.3 Å². The van der Waals surface area contributed by atoms with Gasteiger partial charge in [0.1, 0.15) is 5.82 Å². The van der Waals surface area contributed by atoms with Crippen LogP contribution in [0.4, 0.5) is 10.1 Å². The van der Waals surface area contributed by atoms with Gasteiger partial charge < -0.3 is 5.73 Å². The molecule has 2 aromatic rings. The zero-order valence-corrected chi connectivity index (χ0v) is 8.27. The number of fused-ring (bicyclic) bond motifs is 1. The third-order valence-electron chi connectivity index (χ3n) is 2.08. The Bertz CT molecular complexity index is 422. The van der Waals surface area contributed by atoms with Gasteiger partial charge in [0.2, 0.25) is 0 Å². The molecule has 2 rings (SSSR count). The van der Waals surface area contributed by atoms with Crippen molar-refractivity contribution in [2.75, 3.05) is 5.73 Å². The molecule has 0 amide bonds. The van der Waals surface area contributed by atoms with Crippen LogP contribution in [0.3, 0.4) is 0 Å². The molecular formula is C10H8ClFN2. The van der Waals surface area contributed by atoms with Gasteiger partial charge in [-0.2, -0.15) is 0 Å². The van der Waals surface area contributed by atoms with Crippen LogP contribution < -0.4 is 5.73 Å². The van der Waals surface area contributed by atoms with E-state index in [9.17, 15) is 4.39 Å². The van der Waals surface area contributed by atoms with Crippen LogP contribution in [0.5, 0.6) is 0 Å². The SMILES string of the molecule is Cc1cc2cc(N)c(Cl)nc2cc1F. The second-order valence-corrected chi connectivity index (χ2v) is 3.52. The molecule has 1 heterocycles. The van der Waals surface area contributed by atoms with E-state index >= 15 is 0 Å². The van der Waals surface area contributed by atoms with Gasteiger partial charge in [0, 0.05) is 11.5 Å². The molecule has 0 aliphatic rings. The van der Waals surface area contributed by atoms with Crippen LogP contribution in [0.1, 0.15) is 5.56 Å². The van der Waals surface area contributed by atoms with E-state index in [1.807, 2.05) is 0 Å². The van der Waals surface area contributed by atoms with Crippen molar-refractivity contribution in [1.29, 1.82) is 0 Å². The summed E-state index contributed by atoms with van der Waals surface area (Å²) in [6.07, 6.45) is 0. The van der Waals surface area contributed by atoms with Gasteiger partial charge in [0.25, 0.3) is 0 Å². The lowest BCUT2D eigenvalue weighted by molar-refractivity contribution is 0.620. The largest absolute Gasteiger partial charge is 0.396 e. The quantitative estimate of drug-likeness (QED) is 0.679. The molecule has 0 aliphatic carbocycles. The lowest BCUT2D eigenvalue weighted by Crippen LogP contribution is -1.92. The molecule has 0 spiro atoms. The molecule has 0 bridgehead atoms. The number of aromatic nitrogens is 1. The van der Waals surface area contributed by atoms with Crippen molar-refractivity contribution in [2.24, 2.45) is 0 Å². The Morgan fingerprint density at radius 2 is 2.07 bits per heavy atom. The summed E-state index contributed by atoms with van der Waals surface area (Å²) in [6, 6.07) is 4.75. The van der Waals surface area contributed by atoms with E-state index < -0.39 is 0 Å². The molecule has 0 radical (unpaired) electrons. The molecule has 0 fully saturated rings. The predicted octanol–water partition coefficient (Wildman–Crippen LogP) is 2.92. The van der Waals surface area contributed by atoms with Gasteiger partial charge in [-0.15, -0.1) is 0 Å². The number of nitrogens with zero attached hydrogens (tertiary/aromatic N) is 1. The maximum Gasteiger partial charge on any atom is 0.152 e. The summed E-state index contributed by atoms with van der Waals surface area (Å²) in [5, 5.41) is 1.01. The highest BCUT2D eigenvalue weighted by Gasteiger charge is 2.05. The van der Waals surface area contributed by atoms with Crippen molar-refractivity contribution in [2.45, 2.75) is 6.92 Å². The summed E-state index contributed by atoms with van der Waals surface area (Å²) < 4.78 is 13.2. The monoisotopic (exact) mass is 210 g/mol. The molecule has 2 N–H and O–H groups in total. The molecule has 2 nitrogen and oxygen atoms in total. The van der Waals surface area contributed by atoms with Crippen molar-refractivity contribution in [1.82, 2.24) is 4.98 Å². The number of pyridine rings is 1. The highest BCUT2D eigenvalue weighted by atomic mass is 35.5. The fraction of sp³-hybridized carbons (Fsp3) is 0.100. The minimum absolute atomic E-state index is 0.209. The zero-order valence-electron chi connectivity index (χ0n) is 7.51. The van der Waals surface area contributed by atoms with E-state index in [1.165, 1.54) is 6.07 Å². The molecule has 0 unspecified atom stereocenters. The van der Waals surface area contributed by atoms with E-state index in [-0.39, 0.29) is 11.0 Å². The van der Waals surface area contributed by atoms with Crippen molar-refractivity contribution < 1.29 is 4.39 Å². The minimum Gasteiger partial charge on any atom is -0.396 e. The first-order chi connectivity index (χ1) is 6.58. The molecule has 72 valence electrons. The van der Waals surface area contributed by atoms with Gasteiger partial charge in [-0.05, 0) is 24.6 Å². The number of nitrogen functional groups attached to an aromatic ring is 1. The maximum absolute atomic E-state index is 13.2. The lowest BCUT2D eigenvalue weighted by atomic mass is 10.1. The van der Waals surface area contributed by atoms with Crippen LogP contribution in [-0.4, -0.2) is 4.98 Å². The maximum atomic E-state index is 13.2. The fourth-order valence-electron chi connectivity index (χ4n) is 1.30. The Hall–Kier alpha value is -1.35. The number of anilines is 1. The number of benzene rings is 1. The minimum atomic E-state index is -0.286. The van der Waals surface area contributed by atoms with Gasteiger partial charge in [0.05, 0.1) is 11.2 Å². The van der Waals surface area contributed by atoms with E-state index in [0.29, 0.717) is 16.8 Å². The van der Waals surface area contributed by atoms with Crippen molar-refractivity contribution in [3.63, 3.8) is 0 Å². The number of aryl methyl sites for hydroxylation is 1. The Balaban J connectivity index is 2.83. The second kappa shape index (κ2) is 3.10. The average Bonchev–Trinajstić information content (AvgIpc) is 2.11. The summed E-state index contributed by atoms with van der Waals surface area (Å²) in [6.45, 7) is 1.69. The van der Waals surface area contributed by atoms with Gasteiger partial charge in [0.15, 0.2) is 5.15 Å². The molecule has 1 aromatic heterocycles. The Morgan fingerprint density at radius 3 is 2.79 bits per heavy atom. The molecule has 4 heteroatoms. The zero-order chi connectivity index (χ0) is 10.3. The Morgan fingerprint density at radius 1 is 1.36 bits per heavy atom. The predicted molar refractivity (Wildman–Crippen MR) is 55.9 cm³/mol. The lowest BCUT2D eigenvalue weighted by Gasteiger charge is -2.03.